The maximum absolute atomic E-state index is 12.6. The fourth-order valence-corrected chi connectivity index (χ4v) is 3.73. The highest BCUT2D eigenvalue weighted by molar-refractivity contribution is 7.93. The Morgan fingerprint density at radius 3 is 2.23 bits per heavy atom. The molecule has 5 nitrogen and oxygen atoms in total. The van der Waals surface area contributed by atoms with Crippen molar-refractivity contribution in [3.8, 4) is 0 Å². The lowest BCUT2D eigenvalue weighted by molar-refractivity contribution is 0.100. The number of anilines is 1. The molecule has 8 heteroatoms. The molecule has 0 aromatic heterocycles. The summed E-state index contributed by atoms with van der Waals surface area (Å²) in [7, 11) is -2.50. The van der Waals surface area contributed by atoms with Gasteiger partial charge >= 0.3 is 0 Å². The third-order valence-corrected chi connectivity index (χ3v) is 5.55. The lowest BCUT2D eigenvalue weighted by Gasteiger charge is -2.20. The standard InChI is InChI=1S/C14H12Cl2N2O3S/c1-18(11-5-2-9(3-6-11)14(17)19)22(20,21)13-8-10(15)4-7-12(13)16/h2-8H,1H3,(H2,17,19). The van der Waals surface area contributed by atoms with Crippen molar-refractivity contribution in [1.29, 1.82) is 0 Å². The van der Waals surface area contributed by atoms with E-state index < -0.39 is 15.9 Å². The van der Waals surface area contributed by atoms with Crippen LogP contribution < -0.4 is 10.0 Å². The first-order valence-corrected chi connectivity index (χ1v) is 8.27. The molecule has 2 aromatic carbocycles. The van der Waals surface area contributed by atoms with Gasteiger partial charge in [-0.2, -0.15) is 0 Å². The third kappa shape index (κ3) is 3.19. The maximum Gasteiger partial charge on any atom is 0.265 e. The molecule has 0 saturated heterocycles. The molecule has 0 saturated carbocycles. The molecule has 0 aliphatic carbocycles. The first kappa shape index (κ1) is 16.6. The van der Waals surface area contributed by atoms with Gasteiger partial charge in [-0.1, -0.05) is 23.2 Å². The van der Waals surface area contributed by atoms with E-state index in [0.29, 0.717) is 5.69 Å². The zero-order chi connectivity index (χ0) is 16.5. The van der Waals surface area contributed by atoms with Gasteiger partial charge in [0, 0.05) is 17.6 Å². The molecule has 1 amide bonds. The Kier molecular flexibility index (Phi) is 4.65. The van der Waals surface area contributed by atoms with E-state index in [1.165, 1.54) is 49.5 Å². The van der Waals surface area contributed by atoms with Crippen LogP contribution in [0.25, 0.3) is 0 Å². The number of primary amides is 1. The molecular formula is C14H12Cl2N2O3S. The highest BCUT2D eigenvalue weighted by Crippen LogP contribution is 2.29. The molecule has 0 atom stereocenters. The molecule has 0 aliphatic rings. The molecule has 0 spiro atoms. The minimum Gasteiger partial charge on any atom is -0.366 e. The third-order valence-electron chi connectivity index (χ3n) is 3.05. The molecule has 2 rings (SSSR count). The monoisotopic (exact) mass is 358 g/mol. The second kappa shape index (κ2) is 6.16. The largest absolute Gasteiger partial charge is 0.366 e. The molecule has 2 aromatic rings. The van der Waals surface area contributed by atoms with Crippen LogP contribution in [-0.2, 0) is 10.0 Å². The van der Waals surface area contributed by atoms with E-state index in [4.69, 9.17) is 28.9 Å². The Bertz CT molecular complexity index is 820. The van der Waals surface area contributed by atoms with Gasteiger partial charge in [0.25, 0.3) is 10.0 Å². The van der Waals surface area contributed by atoms with Crippen LogP contribution in [0.3, 0.4) is 0 Å². The summed E-state index contributed by atoms with van der Waals surface area (Å²) in [5.41, 5.74) is 5.80. The van der Waals surface area contributed by atoms with Crippen molar-refractivity contribution >= 4 is 44.8 Å². The Balaban J connectivity index is 2.44. The number of nitrogens with zero attached hydrogens (tertiary/aromatic N) is 1. The van der Waals surface area contributed by atoms with Gasteiger partial charge in [0.05, 0.1) is 10.7 Å². The molecule has 0 aliphatic heterocycles. The first-order valence-electron chi connectivity index (χ1n) is 6.07. The van der Waals surface area contributed by atoms with Gasteiger partial charge in [-0.05, 0) is 42.5 Å². The van der Waals surface area contributed by atoms with Crippen molar-refractivity contribution in [3.05, 3.63) is 58.1 Å². The first-order chi connectivity index (χ1) is 10.2. The normalized spacial score (nSPS) is 11.2. The van der Waals surface area contributed by atoms with Crippen molar-refractivity contribution in [2.75, 3.05) is 11.4 Å². The number of hydrogen-bond donors (Lipinski definition) is 1. The van der Waals surface area contributed by atoms with Gasteiger partial charge in [0.2, 0.25) is 5.91 Å². The zero-order valence-electron chi connectivity index (χ0n) is 11.5. The van der Waals surface area contributed by atoms with Crippen LogP contribution in [0, 0.1) is 0 Å². The fraction of sp³-hybridized carbons (Fsp3) is 0.0714. The topological polar surface area (TPSA) is 80.5 Å². The quantitative estimate of drug-likeness (QED) is 0.912. The molecule has 2 N–H and O–H groups in total. The van der Waals surface area contributed by atoms with E-state index in [9.17, 15) is 13.2 Å². The highest BCUT2D eigenvalue weighted by Gasteiger charge is 2.24. The van der Waals surface area contributed by atoms with Crippen LogP contribution >= 0.6 is 23.2 Å². The summed E-state index contributed by atoms with van der Waals surface area (Å²) in [6.07, 6.45) is 0. The Morgan fingerprint density at radius 1 is 1.09 bits per heavy atom. The number of rotatable bonds is 4. The average Bonchev–Trinajstić information content (AvgIpc) is 2.48. The number of carbonyl (C=O) groups excluding carboxylic acids is 1. The van der Waals surface area contributed by atoms with E-state index in [0.717, 1.165) is 4.31 Å². The van der Waals surface area contributed by atoms with Crippen LogP contribution in [0.1, 0.15) is 10.4 Å². The van der Waals surface area contributed by atoms with Crippen molar-refractivity contribution in [1.82, 2.24) is 0 Å². The van der Waals surface area contributed by atoms with E-state index in [1.807, 2.05) is 0 Å². The second-order valence-corrected chi connectivity index (χ2v) is 7.24. The zero-order valence-corrected chi connectivity index (χ0v) is 13.8. The SMILES string of the molecule is CN(c1ccc(C(N)=O)cc1)S(=O)(=O)c1cc(Cl)ccc1Cl. The van der Waals surface area contributed by atoms with E-state index in [-0.39, 0.29) is 20.5 Å². The van der Waals surface area contributed by atoms with Crippen LogP contribution in [0.5, 0.6) is 0 Å². The number of benzene rings is 2. The fourth-order valence-electron chi connectivity index (χ4n) is 1.80. The minimum absolute atomic E-state index is 0.0741. The molecule has 0 heterocycles. The van der Waals surface area contributed by atoms with Gasteiger partial charge < -0.3 is 5.73 Å². The average molecular weight is 359 g/mol. The Morgan fingerprint density at radius 2 is 1.68 bits per heavy atom. The lowest BCUT2D eigenvalue weighted by atomic mass is 10.2. The van der Waals surface area contributed by atoms with E-state index >= 15 is 0 Å². The molecular weight excluding hydrogens is 347 g/mol. The number of nitrogens with two attached hydrogens (primary N) is 1. The number of halogens is 2. The Labute approximate surface area is 138 Å². The van der Waals surface area contributed by atoms with Gasteiger partial charge in [-0.25, -0.2) is 8.42 Å². The lowest BCUT2D eigenvalue weighted by Crippen LogP contribution is -2.27. The molecule has 0 bridgehead atoms. The van der Waals surface area contributed by atoms with Gasteiger partial charge in [0.15, 0.2) is 0 Å². The number of hydrogen-bond acceptors (Lipinski definition) is 3. The predicted octanol–water partition coefficient (Wildman–Crippen LogP) is 2.92. The van der Waals surface area contributed by atoms with Crippen molar-refractivity contribution in [2.24, 2.45) is 5.73 Å². The number of amides is 1. The molecule has 116 valence electrons. The summed E-state index contributed by atoms with van der Waals surface area (Å²) in [5.74, 6) is -0.588. The summed E-state index contributed by atoms with van der Waals surface area (Å²) in [6, 6.07) is 10.1. The summed E-state index contributed by atoms with van der Waals surface area (Å²) >= 11 is 11.8. The van der Waals surface area contributed by atoms with Crippen molar-refractivity contribution in [3.63, 3.8) is 0 Å². The number of carbonyl (C=O) groups is 1. The van der Waals surface area contributed by atoms with Crippen LogP contribution in [-0.4, -0.2) is 21.4 Å². The summed E-state index contributed by atoms with van der Waals surface area (Å²) in [5, 5.41) is 0.338. The van der Waals surface area contributed by atoms with Crippen LogP contribution in [0.2, 0.25) is 10.0 Å². The van der Waals surface area contributed by atoms with Gasteiger partial charge in [-0.3, -0.25) is 9.10 Å². The van der Waals surface area contributed by atoms with Gasteiger partial charge in [-0.15, -0.1) is 0 Å². The van der Waals surface area contributed by atoms with Crippen LogP contribution in [0.4, 0.5) is 5.69 Å². The summed E-state index contributed by atoms with van der Waals surface area (Å²) in [4.78, 5) is 10.9. The Hall–Kier alpha value is -1.76. The number of sulfonamides is 1. The predicted molar refractivity (Wildman–Crippen MR) is 87.0 cm³/mol. The minimum atomic E-state index is -3.88. The van der Waals surface area contributed by atoms with Crippen LogP contribution in [0.15, 0.2) is 47.4 Å². The molecule has 0 fully saturated rings. The highest BCUT2D eigenvalue weighted by atomic mass is 35.5. The van der Waals surface area contributed by atoms with E-state index in [1.54, 1.807) is 0 Å². The van der Waals surface area contributed by atoms with Crippen molar-refractivity contribution in [2.45, 2.75) is 4.90 Å². The van der Waals surface area contributed by atoms with E-state index in [2.05, 4.69) is 0 Å². The smallest absolute Gasteiger partial charge is 0.265 e. The molecule has 22 heavy (non-hydrogen) atoms. The molecule has 0 unspecified atom stereocenters. The van der Waals surface area contributed by atoms with Crippen molar-refractivity contribution < 1.29 is 13.2 Å². The van der Waals surface area contributed by atoms with Gasteiger partial charge in [0.1, 0.15) is 4.90 Å². The second-order valence-electron chi connectivity index (χ2n) is 4.46. The summed E-state index contributed by atoms with van der Waals surface area (Å²) in [6.45, 7) is 0. The summed E-state index contributed by atoms with van der Waals surface area (Å²) < 4.78 is 26.3. The maximum atomic E-state index is 12.6. The molecule has 0 radical (unpaired) electrons.